The number of hydrogen-bond acceptors (Lipinski definition) is 4. The fourth-order valence-electron chi connectivity index (χ4n) is 6.19. The number of nitrogens with one attached hydrogen (secondary N) is 2. The van der Waals surface area contributed by atoms with Crippen LogP contribution in [0.5, 0.6) is 5.75 Å². The molecule has 2 aliphatic carbocycles. The minimum Gasteiger partial charge on any atom is -0.497 e. The minimum absolute atomic E-state index is 0.0968. The lowest BCUT2D eigenvalue weighted by Gasteiger charge is -2.41. The lowest BCUT2D eigenvalue weighted by Crippen LogP contribution is -2.58. The molecule has 1 saturated heterocycles. The van der Waals surface area contributed by atoms with E-state index in [9.17, 15) is 9.59 Å². The first-order valence-electron chi connectivity index (χ1n) is 13.4. The summed E-state index contributed by atoms with van der Waals surface area (Å²) in [4.78, 5) is 30.8. The van der Waals surface area contributed by atoms with Gasteiger partial charge in [0, 0.05) is 31.9 Å². The molecular weight excluding hydrogens is 452 g/mol. The topological polar surface area (TPSA) is 73.9 Å². The minimum atomic E-state index is -0.117. The SMILES string of the molecule is COc1ccc(NC(=O)N2CCN(C(C(=O)NC3CCCc4ccccc43)C3CCCC3)CC2)cc1. The van der Waals surface area contributed by atoms with Gasteiger partial charge >= 0.3 is 6.03 Å². The van der Waals surface area contributed by atoms with E-state index in [4.69, 9.17) is 4.74 Å². The zero-order chi connectivity index (χ0) is 24.9. The molecule has 1 aliphatic heterocycles. The van der Waals surface area contributed by atoms with Crippen LogP contribution in [0, 0.1) is 5.92 Å². The summed E-state index contributed by atoms with van der Waals surface area (Å²) in [6.07, 6.45) is 7.82. The van der Waals surface area contributed by atoms with Crippen molar-refractivity contribution in [3.63, 3.8) is 0 Å². The molecule has 1 saturated carbocycles. The van der Waals surface area contributed by atoms with Crippen molar-refractivity contribution in [1.82, 2.24) is 15.1 Å². The van der Waals surface area contributed by atoms with Gasteiger partial charge in [0.05, 0.1) is 19.2 Å². The van der Waals surface area contributed by atoms with Crippen molar-refractivity contribution < 1.29 is 14.3 Å². The molecule has 192 valence electrons. The molecule has 3 amide bonds. The van der Waals surface area contributed by atoms with Crippen molar-refractivity contribution in [3.05, 3.63) is 59.7 Å². The van der Waals surface area contributed by atoms with Crippen LogP contribution in [0.1, 0.15) is 55.7 Å². The van der Waals surface area contributed by atoms with Gasteiger partial charge < -0.3 is 20.3 Å². The van der Waals surface area contributed by atoms with Crippen LogP contribution in [-0.4, -0.2) is 61.1 Å². The van der Waals surface area contributed by atoms with Crippen molar-refractivity contribution in [2.75, 3.05) is 38.6 Å². The molecule has 2 fully saturated rings. The van der Waals surface area contributed by atoms with E-state index < -0.39 is 0 Å². The van der Waals surface area contributed by atoms with Gasteiger partial charge in [-0.25, -0.2) is 4.79 Å². The molecule has 2 unspecified atom stereocenters. The molecule has 3 aliphatic rings. The van der Waals surface area contributed by atoms with Gasteiger partial charge in [0.25, 0.3) is 0 Å². The number of amides is 3. The van der Waals surface area contributed by atoms with E-state index in [2.05, 4.69) is 39.8 Å². The molecule has 5 rings (SSSR count). The molecule has 2 aromatic rings. The van der Waals surface area contributed by atoms with Crippen LogP contribution < -0.4 is 15.4 Å². The number of urea groups is 1. The summed E-state index contributed by atoms with van der Waals surface area (Å²) in [5, 5.41) is 6.42. The van der Waals surface area contributed by atoms with E-state index in [1.54, 1.807) is 7.11 Å². The summed E-state index contributed by atoms with van der Waals surface area (Å²) < 4.78 is 5.19. The molecule has 7 heteroatoms. The number of rotatable bonds is 6. The largest absolute Gasteiger partial charge is 0.497 e. The summed E-state index contributed by atoms with van der Waals surface area (Å²) in [6.45, 7) is 2.66. The number of carbonyl (C=O) groups is 2. The lowest BCUT2D eigenvalue weighted by molar-refractivity contribution is -0.130. The number of benzene rings is 2. The summed E-state index contributed by atoms with van der Waals surface area (Å²) in [7, 11) is 1.63. The number of aryl methyl sites for hydroxylation is 1. The first kappa shape index (κ1) is 24.6. The number of nitrogens with zero attached hydrogens (tertiary/aromatic N) is 2. The van der Waals surface area contributed by atoms with Crippen LogP contribution in [0.3, 0.4) is 0 Å². The van der Waals surface area contributed by atoms with E-state index in [0.29, 0.717) is 32.1 Å². The maximum atomic E-state index is 13.8. The molecule has 0 aromatic heterocycles. The number of piperazine rings is 1. The van der Waals surface area contributed by atoms with Gasteiger partial charge in [-0.05, 0) is 73.4 Å². The van der Waals surface area contributed by atoms with Crippen LogP contribution >= 0.6 is 0 Å². The Morgan fingerprint density at radius 3 is 2.36 bits per heavy atom. The Morgan fingerprint density at radius 1 is 0.917 bits per heavy atom. The Labute approximate surface area is 214 Å². The Morgan fingerprint density at radius 2 is 1.64 bits per heavy atom. The van der Waals surface area contributed by atoms with Gasteiger partial charge in [-0.1, -0.05) is 37.1 Å². The third-order valence-electron chi connectivity index (χ3n) is 8.14. The fraction of sp³-hybridized carbons (Fsp3) is 0.517. The smallest absolute Gasteiger partial charge is 0.321 e. The van der Waals surface area contributed by atoms with Crippen LogP contribution in [-0.2, 0) is 11.2 Å². The number of carbonyl (C=O) groups excluding carboxylic acids is 2. The predicted molar refractivity (Wildman–Crippen MR) is 141 cm³/mol. The van der Waals surface area contributed by atoms with Crippen molar-refractivity contribution >= 4 is 17.6 Å². The van der Waals surface area contributed by atoms with E-state index in [1.165, 1.54) is 24.0 Å². The normalized spacial score (nSPS) is 21.5. The van der Waals surface area contributed by atoms with Crippen LogP contribution in [0.2, 0.25) is 0 Å². The average molecular weight is 491 g/mol. The standard InChI is InChI=1S/C29H38N4O3/c1-36-24-15-13-23(14-16-24)30-29(35)33-19-17-32(18-20-33)27(22-8-2-3-9-22)28(34)31-26-12-6-10-21-7-4-5-11-25(21)26/h4-5,7,11,13-16,22,26-27H,2-3,6,8-10,12,17-20H2,1H3,(H,30,35)(H,31,34). The summed E-state index contributed by atoms with van der Waals surface area (Å²) in [6, 6.07) is 15.8. The highest BCUT2D eigenvalue weighted by atomic mass is 16.5. The Balaban J connectivity index is 1.21. The highest BCUT2D eigenvalue weighted by Gasteiger charge is 2.38. The second-order valence-corrected chi connectivity index (χ2v) is 10.3. The number of hydrogen-bond donors (Lipinski definition) is 2. The molecule has 36 heavy (non-hydrogen) atoms. The quantitative estimate of drug-likeness (QED) is 0.621. The summed E-state index contributed by atoms with van der Waals surface area (Å²) >= 11 is 0. The highest BCUT2D eigenvalue weighted by molar-refractivity contribution is 5.89. The highest BCUT2D eigenvalue weighted by Crippen LogP contribution is 2.33. The van der Waals surface area contributed by atoms with Crippen molar-refractivity contribution in [3.8, 4) is 5.75 Å². The second kappa shape index (κ2) is 11.3. The number of ether oxygens (including phenoxy) is 1. The van der Waals surface area contributed by atoms with Crippen molar-refractivity contribution in [2.45, 2.75) is 57.0 Å². The van der Waals surface area contributed by atoms with E-state index in [-0.39, 0.29) is 24.0 Å². The Hall–Kier alpha value is -3.06. The van der Waals surface area contributed by atoms with Gasteiger partial charge in [0.1, 0.15) is 5.75 Å². The van der Waals surface area contributed by atoms with Gasteiger partial charge in [0.2, 0.25) is 5.91 Å². The average Bonchev–Trinajstić information content (AvgIpc) is 3.44. The van der Waals surface area contributed by atoms with Crippen molar-refractivity contribution in [1.29, 1.82) is 0 Å². The van der Waals surface area contributed by atoms with E-state index in [0.717, 1.165) is 43.5 Å². The predicted octanol–water partition coefficient (Wildman–Crippen LogP) is 4.60. The van der Waals surface area contributed by atoms with Gasteiger partial charge in [-0.2, -0.15) is 0 Å². The third-order valence-corrected chi connectivity index (χ3v) is 8.14. The Bertz CT molecular complexity index is 1040. The molecule has 0 radical (unpaired) electrons. The molecule has 2 aromatic carbocycles. The maximum absolute atomic E-state index is 13.8. The molecule has 7 nitrogen and oxygen atoms in total. The van der Waals surface area contributed by atoms with E-state index in [1.807, 2.05) is 29.2 Å². The molecule has 2 atom stereocenters. The number of fused-ring (bicyclic) bond motifs is 1. The van der Waals surface area contributed by atoms with Crippen LogP contribution in [0.25, 0.3) is 0 Å². The number of anilines is 1. The van der Waals surface area contributed by atoms with Gasteiger partial charge in [-0.15, -0.1) is 0 Å². The summed E-state index contributed by atoms with van der Waals surface area (Å²) in [5.74, 6) is 1.32. The molecule has 0 bridgehead atoms. The van der Waals surface area contributed by atoms with Crippen LogP contribution in [0.15, 0.2) is 48.5 Å². The second-order valence-electron chi connectivity index (χ2n) is 10.3. The first-order valence-corrected chi connectivity index (χ1v) is 13.4. The number of methoxy groups -OCH3 is 1. The fourth-order valence-corrected chi connectivity index (χ4v) is 6.19. The van der Waals surface area contributed by atoms with Gasteiger partial charge in [0.15, 0.2) is 0 Å². The maximum Gasteiger partial charge on any atom is 0.321 e. The summed E-state index contributed by atoms with van der Waals surface area (Å²) in [5.41, 5.74) is 3.39. The molecule has 0 spiro atoms. The Kier molecular flexibility index (Phi) is 7.75. The third kappa shape index (κ3) is 5.51. The monoisotopic (exact) mass is 490 g/mol. The van der Waals surface area contributed by atoms with Crippen LogP contribution in [0.4, 0.5) is 10.5 Å². The van der Waals surface area contributed by atoms with Gasteiger partial charge in [-0.3, -0.25) is 9.69 Å². The van der Waals surface area contributed by atoms with E-state index >= 15 is 0 Å². The zero-order valence-electron chi connectivity index (χ0n) is 21.2. The lowest BCUT2D eigenvalue weighted by atomic mass is 9.87. The zero-order valence-corrected chi connectivity index (χ0v) is 21.2. The molecule has 1 heterocycles. The first-order chi connectivity index (χ1) is 17.6. The van der Waals surface area contributed by atoms with Crippen molar-refractivity contribution in [2.24, 2.45) is 5.92 Å². The molecular formula is C29H38N4O3. The molecule has 2 N–H and O–H groups in total.